The van der Waals surface area contributed by atoms with Gasteiger partial charge in [0, 0.05) is 12.8 Å². The van der Waals surface area contributed by atoms with Gasteiger partial charge in [0.25, 0.3) is 0 Å². The van der Waals surface area contributed by atoms with E-state index in [1.165, 1.54) is 5.56 Å². The van der Waals surface area contributed by atoms with E-state index >= 15 is 0 Å². The van der Waals surface area contributed by atoms with Crippen LogP contribution in [0, 0.1) is 0 Å². The molecule has 1 aromatic rings. The van der Waals surface area contributed by atoms with Gasteiger partial charge < -0.3 is 0 Å². The quantitative estimate of drug-likeness (QED) is 0.702. The predicted octanol–water partition coefficient (Wildman–Crippen LogP) is 4.11. The van der Waals surface area contributed by atoms with Gasteiger partial charge in [-0.05, 0) is 17.4 Å². The summed E-state index contributed by atoms with van der Waals surface area (Å²) in [6.07, 6.45) is 3.49. The Balaban J connectivity index is 2.61. The normalized spacial score (nSPS) is 11.4. The molecule has 0 heterocycles. The maximum Gasteiger partial charge on any atom is 0.133 e. The first kappa shape index (κ1) is 13.0. The van der Waals surface area contributed by atoms with Crippen molar-refractivity contribution in [1.82, 2.24) is 0 Å². The molecule has 0 aliphatic rings. The highest BCUT2D eigenvalue weighted by atomic mass is 16.1. The van der Waals surface area contributed by atoms with Crippen molar-refractivity contribution in [3.8, 4) is 0 Å². The van der Waals surface area contributed by atoms with E-state index in [1.807, 2.05) is 18.2 Å². The summed E-state index contributed by atoms with van der Waals surface area (Å²) in [5.74, 6) is 0.385. The molecule has 0 saturated heterocycles. The first-order valence-corrected chi connectivity index (χ1v) is 6.13. The third-order valence-electron chi connectivity index (χ3n) is 3.00. The minimum atomic E-state index is -0.0356. The average molecular weight is 218 g/mol. The van der Waals surface area contributed by atoms with Crippen molar-refractivity contribution >= 4 is 5.78 Å². The Morgan fingerprint density at radius 1 is 1.19 bits per heavy atom. The number of carbonyl (C=O) groups is 1. The minimum absolute atomic E-state index is 0.0356. The van der Waals surface area contributed by atoms with Crippen LogP contribution in [0.5, 0.6) is 0 Å². The van der Waals surface area contributed by atoms with Crippen molar-refractivity contribution in [2.24, 2.45) is 0 Å². The van der Waals surface area contributed by atoms with Crippen molar-refractivity contribution in [3.05, 3.63) is 35.9 Å². The van der Waals surface area contributed by atoms with Crippen molar-refractivity contribution in [2.45, 2.75) is 51.9 Å². The molecule has 0 aromatic heterocycles. The van der Waals surface area contributed by atoms with E-state index in [9.17, 15) is 4.79 Å². The monoisotopic (exact) mass is 218 g/mol. The van der Waals surface area contributed by atoms with Crippen LogP contribution < -0.4 is 0 Å². The van der Waals surface area contributed by atoms with Crippen molar-refractivity contribution in [3.63, 3.8) is 0 Å². The molecule has 0 unspecified atom stereocenters. The molecule has 1 nitrogen and oxygen atoms in total. The third-order valence-corrected chi connectivity index (χ3v) is 3.00. The van der Waals surface area contributed by atoms with Crippen LogP contribution in [0.4, 0.5) is 0 Å². The molecule has 1 rings (SSSR count). The first-order chi connectivity index (χ1) is 7.56. The second kappa shape index (κ2) is 5.83. The predicted molar refractivity (Wildman–Crippen MR) is 68.6 cm³/mol. The van der Waals surface area contributed by atoms with E-state index in [2.05, 4.69) is 32.9 Å². The Hall–Kier alpha value is -1.11. The second-order valence-electron chi connectivity index (χ2n) is 5.07. The summed E-state index contributed by atoms with van der Waals surface area (Å²) in [7, 11) is 0. The van der Waals surface area contributed by atoms with Crippen LogP contribution in [-0.4, -0.2) is 5.78 Å². The van der Waals surface area contributed by atoms with Gasteiger partial charge in [0.2, 0.25) is 0 Å². The van der Waals surface area contributed by atoms with Crippen LogP contribution in [0.2, 0.25) is 0 Å². The number of hydrogen-bond donors (Lipinski definition) is 0. The molecule has 0 spiro atoms. The van der Waals surface area contributed by atoms with Crippen LogP contribution in [0.3, 0.4) is 0 Å². The number of unbranched alkanes of at least 4 members (excludes halogenated alkanes) is 1. The van der Waals surface area contributed by atoms with E-state index in [4.69, 9.17) is 0 Å². The van der Waals surface area contributed by atoms with Gasteiger partial charge in [0.05, 0.1) is 0 Å². The summed E-state index contributed by atoms with van der Waals surface area (Å²) in [6.45, 7) is 6.41. The Kier molecular flexibility index (Phi) is 4.72. The summed E-state index contributed by atoms with van der Waals surface area (Å²) in [6, 6.07) is 10.3. The molecule has 0 aliphatic heterocycles. The topological polar surface area (TPSA) is 17.1 Å². The molecule has 88 valence electrons. The van der Waals surface area contributed by atoms with E-state index in [-0.39, 0.29) is 5.41 Å². The molecule has 1 aromatic carbocycles. The highest BCUT2D eigenvalue weighted by Gasteiger charge is 2.23. The fourth-order valence-electron chi connectivity index (χ4n) is 1.95. The highest BCUT2D eigenvalue weighted by molar-refractivity contribution is 5.79. The van der Waals surface area contributed by atoms with Crippen molar-refractivity contribution in [2.75, 3.05) is 0 Å². The summed E-state index contributed by atoms with van der Waals surface area (Å²) in [5.41, 5.74) is 1.21. The van der Waals surface area contributed by atoms with Gasteiger partial charge in [-0.15, -0.1) is 0 Å². The molecular weight excluding hydrogens is 196 g/mol. The Bertz CT molecular complexity index is 325. The zero-order valence-corrected chi connectivity index (χ0v) is 10.6. The zero-order chi connectivity index (χ0) is 12.0. The molecule has 0 fully saturated rings. The second-order valence-corrected chi connectivity index (χ2v) is 5.07. The summed E-state index contributed by atoms with van der Waals surface area (Å²) < 4.78 is 0. The molecule has 0 aliphatic carbocycles. The lowest BCUT2D eigenvalue weighted by atomic mass is 9.79. The Labute approximate surface area is 98.9 Å². The van der Waals surface area contributed by atoms with E-state index in [0.29, 0.717) is 12.2 Å². The third kappa shape index (κ3) is 3.80. The number of carbonyl (C=O) groups excluding carboxylic acids is 1. The molecule has 16 heavy (non-hydrogen) atoms. The molecule has 0 radical (unpaired) electrons. The van der Waals surface area contributed by atoms with Gasteiger partial charge in [0.1, 0.15) is 5.78 Å². The zero-order valence-electron chi connectivity index (χ0n) is 10.6. The minimum Gasteiger partial charge on any atom is -0.300 e. The van der Waals surface area contributed by atoms with Crippen LogP contribution >= 0.6 is 0 Å². The van der Waals surface area contributed by atoms with E-state index < -0.39 is 0 Å². The van der Waals surface area contributed by atoms with Gasteiger partial charge in [0.15, 0.2) is 0 Å². The molecular formula is C15H22O. The standard InChI is InChI=1S/C15H22O/c1-4-5-11-14(16)12-15(2,3)13-9-7-6-8-10-13/h6-10H,4-5,11-12H2,1-3H3. The van der Waals surface area contributed by atoms with Crippen LogP contribution in [0.1, 0.15) is 52.0 Å². The average Bonchev–Trinajstić information content (AvgIpc) is 2.27. The number of rotatable bonds is 6. The fourth-order valence-corrected chi connectivity index (χ4v) is 1.95. The van der Waals surface area contributed by atoms with Gasteiger partial charge in [-0.3, -0.25) is 4.79 Å². The lowest BCUT2D eigenvalue weighted by Gasteiger charge is -2.24. The van der Waals surface area contributed by atoms with Crippen LogP contribution in [-0.2, 0) is 10.2 Å². The molecule has 0 atom stereocenters. The maximum absolute atomic E-state index is 11.8. The number of ketones is 1. The first-order valence-electron chi connectivity index (χ1n) is 6.13. The molecule has 1 heteroatoms. The summed E-state index contributed by atoms with van der Waals surface area (Å²) >= 11 is 0. The fraction of sp³-hybridized carbons (Fsp3) is 0.533. The van der Waals surface area contributed by atoms with Crippen LogP contribution in [0.15, 0.2) is 30.3 Å². The van der Waals surface area contributed by atoms with Gasteiger partial charge >= 0.3 is 0 Å². The lowest BCUT2D eigenvalue weighted by molar-refractivity contribution is -0.120. The molecule has 0 saturated carbocycles. The maximum atomic E-state index is 11.8. The van der Waals surface area contributed by atoms with Gasteiger partial charge in [-0.2, -0.15) is 0 Å². The van der Waals surface area contributed by atoms with Crippen molar-refractivity contribution in [1.29, 1.82) is 0 Å². The van der Waals surface area contributed by atoms with Gasteiger partial charge in [-0.1, -0.05) is 57.5 Å². The number of Topliss-reactive ketones (excluding diaryl/α,β-unsaturated/α-hetero) is 1. The number of benzene rings is 1. The van der Waals surface area contributed by atoms with E-state index in [1.54, 1.807) is 0 Å². The van der Waals surface area contributed by atoms with Crippen molar-refractivity contribution < 1.29 is 4.79 Å². The van der Waals surface area contributed by atoms with Crippen LogP contribution in [0.25, 0.3) is 0 Å². The molecule has 0 amide bonds. The molecule has 0 bridgehead atoms. The SMILES string of the molecule is CCCCC(=O)CC(C)(C)c1ccccc1. The Morgan fingerprint density at radius 2 is 1.81 bits per heavy atom. The van der Waals surface area contributed by atoms with Gasteiger partial charge in [-0.25, -0.2) is 0 Å². The summed E-state index contributed by atoms with van der Waals surface area (Å²) in [4.78, 5) is 11.8. The molecule has 0 N–H and O–H groups in total. The lowest BCUT2D eigenvalue weighted by Crippen LogP contribution is -2.21. The highest BCUT2D eigenvalue weighted by Crippen LogP contribution is 2.27. The Morgan fingerprint density at radius 3 is 2.38 bits per heavy atom. The largest absolute Gasteiger partial charge is 0.300 e. The summed E-state index contributed by atoms with van der Waals surface area (Å²) in [5, 5.41) is 0. The number of hydrogen-bond acceptors (Lipinski definition) is 1. The smallest absolute Gasteiger partial charge is 0.133 e. The van der Waals surface area contributed by atoms with E-state index in [0.717, 1.165) is 19.3 Å².